The van der Waals surface area contributed by atoms with Crippen LogP contribution >= 0.6 is 11.3 Å². The maximum atomic E-state index is 14.8. The Kier molecular flexibility index (Phi) is 4.70. The third kappa shape index (κ3) is 3.25. The van der Waals surface area contributed by atoms with Crippen molar-refractivity contribution < 1.29 is 18.3 Å². The molecule has 0 N–H and O–H groups in total. The summed E-state index contributed by atoms with van der Waals surface area (Å²) >= 11 is 1.38. The Hall–Kier alpha value is -2.16. The molecule has 3 heterocycles. The minimum atomic E-state index is -0.422. The zero-order valence-corrected chi connectivity index (χ0v) is 16.1. The van der Waals surface area contributed by atoms with Crippen molar-refractivity contribution >= 4 is 27.2 Å². The van der Waals surface area contributed by atoms with Gasteiger partial charge in [-0.1, -0.05) is 0 Å². The van der Waals surface area contributed by atoms with Gasteiger partial charge in [-0.3, -0.25) is 0 Å². The molecule has 0 bridgehead atoms. The molecule has 0 amide bonds. The van der Waals surface area contributed by atoms with E-state index in [0.717, 1.165) is 37.2 Å². The summed E-state index contributed by atoms with van der Waals surface area (Å²) in [6.45, 7) is 5.44. The van der Waals surface area contributed by atoms with Crippen molar-refractivity contribution in [3.8, 4) is 10.6 Å². The fourth-order valence-corrected chi connectivity index (χ4v) is 4.81. The summed E-state index contributed by atoms with van der Waals surface area (Å²) in [5.41, 5.74) is 1.25. The minimum absolute atomic E-state index is 0.215. The fourth-order valence-electron chi connectivity index (χ4n) is 3.73. The number of benzene rings is 2. The van der Waals surface area contributed by atoms with Crippen LogP contribution < -0.4 is 14.8 Å². The number of halogens is 2. The Bertz CT molecular complexity index is 1070. The Morgan fingerprint density at radius 2 is 1.68 bits per heavy atom. The molecule has 1 aromatic rings. The predicted molar refractivity (Wildman–Crippen MR) is 105 cm³/mol. The highest BCUT2D eigenvalue weighted by molar-refractivity contribution is 7.21. The van der Waals surface area contributed by atoms with Gasteiger partial charge in [0.05, 0.1) is 22.8 Å². The molecule has 0 saturated carbocycles. The number of rotatable bonds is 1. The molecule has 5 rings (SSSR count). The highest BCUT2D eigenvalue weighted by Crippen LogP contribution is 2.34. The van der Waals surface area contributed by atoms with Crippen LogP contribution in [0.5, 0.6) is 0 Å². The third-order valence-corrected chi connectivity index (χ3v) is 6.28. The molecular weight excluding hydrogens is 384 g/mol. The molecule has 3 aliphatic heterocycles. The zero-order valence-electron chi connectivity index (χ0n) is 15.3. The molecule has 1 aromatic carbocycles. The SMILES string of the molecule is Fc1cc(=[N+]2CCOCC2)cc2sc3cc(N4CCOCC4)cc(F)c3nc1-2. The molecule has 0 atom stereocenters. The highest BCUT2D eigenvalue weighted by atomic mass is 32.1. The van der Waals surface area contributed by atoms with Crippen LogP contribution in [0.15, 0.2) is 24.3 Å². The number of hydrogen-bond acceptors (Lipinski definition) is 5. The first-order valence-corrected chi connectivity index (χ1v) is 10.2. The zero-order chi connectivity index (χ0) is 19.1. The number of anilines is 1. The molecule has 0 spiro atoms. The molecule has 4 aliphatic rings. The maximum Gasteiger partial charge on any atom is 0.204 e. The van der Waals surface area contributed by atoms with Gasteiger partial charge in [0.25, 0.3) is 0 Å². The summed E-state index contributed by atoms with van der Waals surface area (Å²) in [5.74, 6) is -0.845. The highest BCUT2D eigenvalue weighted by Gasteiger charge is 2.21. The third-order valence-electron chi connectivity index (χ3n) is 5.22. The van der Waals surface area contributed by atoms with Crippen molar-refractivity contribution in [2.75, 3.05) is 57.5 Å². The van der Waals surface area contributed by atoms with Crippen LogP contribution in [0.3, 0.4) is 0 Å². The van der Waals surface area contributed by atoms with Crippen molar-refractivity contribution in [3.05, 3.63) is 41.3 Å². The molecular formula is C20H20F2N3O2S+. The lowest BCUT2D eigenvalue weighted by atomic mass is 10.2. The van der Waals surface area contributed by atoms with E-state index in [0.29, 0.717) is 36.0 Å². The fraction of sp³-hybridized carbons (Fsp3) is 0.400. The van der Waals surface area contributed by atoms with E-state index in [9.17, 15) is 8.78 Å². The van der Waals surface area contributed by atoms with Crippen molar-refractivity contribution in [3.63, 3.8) is 0 Å². The predicted octanol–water partition coefficient (Wildman–Crippen LogP) is 2.32. The lowest BCUT2D eigenvalue weighted by molar-refractivity contribution is 0.0965. The van der Waals surface area contributed by atoms with Crippen LogP contribution in [-0.4, -0.2) is 57.6 Å². The van der Waals surface area contributed by atoms with Crippen molar-refractivity contribution in [2.45, 2.75) is 0 Å². The average molecular weight is 404 g/mol. The molecule has 28 heavy (non-hydrogen) atoms. The monoisotopic (exact) mass is 404 g/mol. The molecule has 2 saturated heterocycles. The van der Waals surface area contributed by atoms with Crippen molar-refractivity contribution in [1.29, 1.82) is 0 Å². The standard InChI is InChI=1S/C20H20F2N3O2S/c21-15-9-13(24-1-5-26-6-2-24)11-17-19(15)23-20-16(22)10-14(12-18(20)28-17)25-3-7-27-8-4-25/h9-12H,1-8H2/q+1. The first-order chi connectivity index (χ1) is 13.7. The lowest BCUT2D eigenvalue weighted by Gasteiger charge is -2.29. The Labute approximate surface area is 164 Å². The van der Waals surface area contributed by atoms with E-state index >= 15 is 0 Å². The number of hydrogen-bond donors (Lipinski definition) is 0. The molecule has 2 fully saturated rings. The first-order valence-electron chi connectivity index (χ1n) is 9.41. The topological polar surface area (TPSA) is 37.6 Å². The summed E-state index contributed by atoms with van der Waals surface area (Å²) in [7, 11) is 0. The van der Waals surface area contributed by atoms with Gasteiger partial charge in [-0.25, -0.2) is 18.3 Å². The Morgan fingerprint density at radius 3 is 2.46 bits per heavy atom. The maximum absolute atomic E-state index is 14.8. The molecule has 1 aliphatic carbocycles. The first kappa shape index (κ1) is 17.9. The number of fused-ring (bicyclic) bond motifs is 2. The van der Waals surface area contributed by atoms with Gasteiger partial charge in [-0.2, -0.15) is 0 Å². The van der Waals surface area contributed by atoms with E-state index in [-0.39, 0.29) is 11.2 Å². The summed E-state index contributed by atoms with van der Waals surface area (Å²) in [4.78, 5) is 7.14. The largest absolute Gasteiger partial charge is 0.378 e. The van der Waals surface area contributed by atoms with Gasteiger partial charge in [-0.15, -0.1) is 11.3 Å². The normalized spacial score (nSPS) is 18.2. The van der Waals surface area contributed by atoms with Crippen LogP contribution in [-0.2, 0) is 9.47 Å². The van der Waals surface area contributed by atoms with Gasteiger partial charge in [-0.05, 0) is 12.1 Å². The second-order valence-corrected chi connectivity index (χ2v) is 8.05. The van der Waals surface area contributed by atoms with Crippen LogP contribution in [0.25, 0.3) is 20.8 Å². The van der Waals surface area contributed by atoms with Crippen LogP contribution in [0.4, 0.5) is 14.5 Å². The Balaban J connectivity index is 1.68. The molecule has 0 aromatic heterocycles. The summed E-state index contributed by atoms with van der Waals surface area (Å²) in [5, 5.41) is 0.815. The molecule has 5 nitrogen and oxygen atoms in total. The van der Waals surface area contributed by atoms with Gasteiger partial charge in [0.15, 0.2) is 24.7 Å². The van der Waals surface area contributed by atoms with Crippen LogP contribution in [0, 0.1) is 11.6 Å². The van der Waals surface area contributed by atoms with Gasteiger partial charge in [0, 0.05) is 30.9 Å². The number of nitrogens with zero attached hydrogens (tertiary/aromatic N) is 3. The summed E-state index contributed by atoms with van der Waals surface area (Å²) < 4.78 is 43.1. The summed E-state index contributed by atoms with van der Waals surface area (Å²) in [6, 6.07) is 6.86. The summed E-state index contributed by atoms with van der Waals surface area (Å²) in [6.07, 6.45) is 0. The van der Waals surface area contributed by atoms with E-state index < -0.39 is 11.6 Å². The van der Waals surface area contributed by atoms with Crippen LogP contribution in [0.1, 0.15) is 0 Å². The Morgan fingerprint density at radius 1 is 0.929 bits per heavy atom. The lowest BCUT2D eigenvalue weighted by Crippen LogP contribution is -2.39. The number of ether oxygens (including phenoxy) is 2. The average Bonchev–Trinajstić information content (AvgIpc) is 2.74. The molecule has 8 heteroatoms. The van der Waals surface area contributed by atoms with E-state index in [1.165, 1.54) is 23.5 Å². The van der Waals surface area contributed by atoms with Gasteiger partial charge >= 0.3 is 0 Å². The molecule has 0 radical (unpaired) electrons. The van der Waals surface area contributed by atoms with Gasteiger partial charge in [0.1, 0.15) is 24.4 Å². The smallest absolute Gasteiger partial charge is 0.204 e. The molecule has 0 unspecified atom stereocenters. The van der Waals surface area contributed by atoms with E-state index in [4.69, 9.17) is 9.47 Å². The van der Waals surface area contributed by atoms with E-state index in [1.54, 1.807) is 0 Å². The van der Waals surface area contributed by atoms with Gasteiger partial charge in [0.2, 0.25) is 5.36 Å². The van der Waals surface area contributed by atoms with E-state index in [2.05, 4.69) is 14.5 Å². The molecule has 146 valence electrons. The van der Waals surface area contributed by atoms with E-state index in [1.807, 2.05) is 12.1 Å². The minimum Gasteiger partial charge on any atom is -0.378 e. The van der Waals surface area contributed by atoms with Crippen molar-refractivity contribution in [1.82, 2.24) is 9.56 Å². The second-order valence-electron chi connectivity index (χ2n) is 6.96. The number of morpholine rings is 2. The number of aromatic nitrogens is 1. The van der Waals surface area contributed by atoms with Crippen molar-refractivity contribution in [2.24, 2.45) is 0 Å². The second kappa shape index (κ2) is 7.35. The quantitative estimate of drug-likeness (QED) is 0.461. The van der Waals surface area contributed by atoms with Gasteiger partial charge < -0.3 is 14.4 Å². The van der Waals surface area contributed by atoms with Crippen LogP contribution in [0.2, 0.25) is 0 Å².